The number of hydrogen-bond donors (Lipinski definition) is 0. The Morgan fingerprint density at radius 3 is 2.95 bits per heavy atom. The molecule has 0 saturated heterocycles. The number of ketones is 1. The highest BCUT2D eigenvalue weighted by Crippen LogP contribution is 2.26. The quantitative estimate of drug-likeness (QED) is 0.623. The molecule has 1 aromatic carbocycles. The van der Waals surface area contributed by atoms with Crippen LogP contribution in [0.5, 0.6) is 5.75 Å². The molecule has 0 radical (unpaired) electrons. The van der Waals surface area contributed by atoms with Gasteiger partial charge in [0.1, 0.15) is 5.75 Å². The molecule has 19 heavy (non-hydrogen) atoms. The summed E-state index contributed by atoms with van der Waals surface area (Å²) in [6.07, 6.45) is 1.26. The van der Waals surface area contributed by atoms with E-state index in [0.29, 0.717) is 23.4 Å². The zero-order valence-corrected chi connectivity index (χ0v) is 11.1. The zero-order valence-electron chi connectivity index (χ0n) is 10.3. The van der Waals surface area contributed by atoms with Crippen molar-refractivity contribution in [3.05, 3.63) is 46.0 Å². The van der Waals surface area contributed by atoms with E-state index < -0.39 is 5.97 Å². The molecule has 96 valence electrons. The molecule has 1 aliphatic rings. The van der Waals surface area contributed by atoms with Crippen LogP contribution in [0, 0.1) is 6.92 Å². The summed E-state index contributed by atoms with van der Waals surface area (Å²) in [5.74, 6) is 0.227. The van der Waals surface area contributed by atoms with Crippen LogP contribution < -0.4 is 4.74 Å². The van der Waals surface area contributed by atoms with Gasteiger partial charge < -0.3 is 4.74 Å². The van der Waals surface area contributed by atoms with Gasteiger partial charge in [-0.05, 0) is 48.6 Å². The number of nitrogens with zero attached hydrogens (tertiary/aromatic N) is 1. The number of Topliss-reactive ketones (excluding diaryl/α,β-unsaturated/α-hetero) is 1. The van der Waals surface area contributed by atoms with Crippen molar-refractivity contribution in [2.45, 2.75) is 19.8 Å². The van der Waals surface area contributed by atoms with Crippen molar-refractivity contribution < 1.29 is 14.3 Å². The number of fused-ring (bicyclic) bond motifs is 1. The summed E-state index contributed by atoms with van der Waals surface area (Å²) in [6.45, 7) is 1.77. The second-order valence-electron chi connectivity index (χ2n) is 4.45. The largest absolute Gasteiger partial charge is 0.423 e. The van der Waals surface area contributed by atoms with Gasteiger partial charge in [0.15, 0.2) is 5.78 Å². The Bertz CT molecular complexity index is 675. The maximum atomic E-state index is 11.9. The van der Waals surface area contributed by atoms with Gasteiger partial charge in [-0.25, -0.2) is 4.79 Å². The molecule has 4 nitrogen and oxygen atoms in total. The van der Waals surface area contributed by atoms with E-state index in [1.807, 2.05) is 0 Å². The van der Waals surface area contributed by atoms with Crippen LogP contribution in [0.1, 0.15) is 38.4 Å². The molecule has 0 atom stereocenters. The third-order valence-electron chi connectivity index (χ3n) is 3.18. The molecule has 0 spiro atoms. The van der Waals surface area contributed by atoms with E-state index in [1.54, 1.807) is 30.5 Å². The molecule has 1 aliphatic carbocycles. The zero-order chi connectivity index (χ0) is 13.4. The minimum atomic E-state index is -0.407. The van der Waals surface area contributed by atoms with Crippen LogP contribution in [0.3, 0.4) is 0 Å². The highest BCUT2D eigenvalue weighted by molar-refractivity contribution is 7.03. The number of carbonyl (C=O) groups is 2. The fraction of sp³-hybridized carbons (Fsp3) is 0.214. The Labute approximate surface area is 114 Å². The molecule has 0 N–H and O–H groups in total. The van der Waals surface area contributed by atoms with Gasteiger partial charge in [-0.15, -0.1) is 0 Å². The number of rotatable bonds is 2. The SMILES string of the molecule is Cc1nscc1C(=O)Oc1ccc2c(c1)CCC2=O. The smallest absolute Gasteiger partial charge is 0.346 e. The highest BCUT2D eigenvalue weighted by atomic mass is 32.1. The molecular formula is C14H11NO3S. The van der Waals surface area contributed by atoms with E-state index in [2.05, 4.69) is 4.37 Å². The molecule has 0 unspecified atom stereocenters. The molecule has 1 heterocycles. The van der Waals surface area contributed by atoms with Crippen molar-refractivity contribution in [2.75, 3.05) is 0 Å². The molecule has 0 bridgehead atoms. The summed E-state index contributed by atoms with van der Waals surface area (Å²) in [6, 6.07) is 5.16. The first-order valence-electron chi connectivity index (χ1n) is 5.94. The second-order valence-corrected chi connectivity index (χ2v) is 5.07. The molecule has 1 aromatic heterocycles. The van der Waals surface area contributed by atoms with Crippen LogP contribution in [0.15, 0.2) is 23.6 Å². The van der Waals surface area contributed by atoms with Gasteiger partial charge in [0, 0.05) is 17.4 Å². The number of esters is 1. The van der Waals surface area contributed by atoms with Crippen molar-refractivity contribution in [3.63, 3.8) is 0 Å². The maximum absolute atomic E-state index is 11.9. The van der Waals surface area contributed by atoms with E-state index in [9.17, 15) is 9.59 Å². The van der Waals surface area contributed by atoms with Gasteiger partial charge >= 0.3 is 5.97 Å². The summed E-state index contributed by atoms with van der Waals surface area (Å²) < 4.78 is 9.36. The summed E-state index contributed by atoms with van der Waals surface area (Å²) in [7, 11) is 0. The Morgan fingerprint density at radius 1 is 1.37 bits per heavy atom. The molecular weight excluding hydrogens is 262 g/mol. The minimum absolute atomic E-state index is 0.158. The van der Waals surface area contributed by atoms with E-state index in [1.165, 1.54) is 11.5 Å². The lowest BCUT2D eigenvalue weighted by atomic mass is 10.1. The van der Waals surface area contributed by atoms with E-state index in [0.717, 1.165) is 17.5 Å². The third-order valence-corrected chi connectivity index (χ3v) is 3.90. The van der Waals surface area contributed by atoms with Crippen molar-refractivity contribution in [1.29, 1.82) is 0 Å². The summed E-state index contributed by atoms with van der Waals surface area (Å²) in [4.78, 5) is 23.5. The molecule has 0 fully saturated rings. The molecule has 3 rings (SSSR count). The van der Waals surface area contributed by atoms with Crippen LogP contribution in [-0.2, 0) is 6.42 Å². The molecule has 0 saturated carbocycles. The lowest BCUT2D eigenvalue weighted by molar-refractivity contribution is 0.0734. The Kier molecular flexibility index (Phi) is 2.91. The number of hydrogen-bond acceptors (Lipinski definition) is 5. The number of carbonyl (C=O) groups excluding carboxylic acids is 2. The normalized spacial score (nSPS) is 13.4. The van der Waals surface area contributed by atoms with Crippen molar-refractivity contribution in [3.8, 4) is 5.75 Å². The molecule has 0 aliphatic heterocycles. The summed E-state index contributed by atoms with van der Waals surface area (Å²) >= 11 is 1.23. The lowest BCUT2D eigenvalue weighted by Gasteiger charge is -2.05. The average molecular weight is 273 g/mol. The van der Waals surface area contributed by atoms with E-state index in [4.69, 9.17) is 4.74 Å². The predicted octanol–water partition coefficient (Wildman–Crippen LogP) is 2.80. The Balaban J connectivity index is 1.83. The van der Waals surface area contributed by atoms with Gasteiger partial charge in [0.05, 0.1) is 11.3 Å². The van der Waals surface area contributed by atoms with E-state index >= 15 is 0 Å². The summed E-state index contributed by atoms with van der Waals surface area (Å²) in [5, 5.41) is 1.68. The number of aromatic nitrogens is 1. The first-order chi connectivity index (χ1) is 9.15. The van der Waals surface area contributed by atoms with Crippen molar-refractivity contribution in [1.82, 2.24) is 4.37 Å². The minimum Gasteiger partial charge on any atom is -0.423 e. The van der Waals surface area contributed by atoms with Crippen LogP contribution in [0.2, 0.25) is 0 Å². The van der Waals surface area contributed by atoms with Crippen LogP contribution >= 0.6 is 11.5 Å². The number of benzene rings is 1. The van der Waals surface area contributed by atoms with Gasteiger partial charge in [-0.1, -0.05) is 0 Å². The molecule has 5 heteroatoms. The van der Waals surface area contributed by atoms with Crippen molar-refractivity contribution in [2.24, 2.45) is 0 Å². The van der Waals surface area contributed by atoms with Crippen LogP contribution in [0.4, 0.5) is 0 Å². The Morgan fingerprint density at radius 2 is 2.21 bits per heavy atom. The first-order valence-corrected chi connectivity index (χ1v) is 6.78. The van der Waals surface area contributed by atoms with Crippen LogP contribution in [-0.4, -0.2) is 16.1 Å². The first kappa shape index (κ1) is 12.0. The van der Waals surface area contributed by atoms with Crippen LogP contribution in [0.25, 0.3) is 0 Å². The third kappa shape index (κ3) is 2.17. The second kappa shape index (κ2) is 4.59. The standard InChI is InChI=1S/C14H11NO3S/c1-8-12(7-19-15-8)14(17)18-10-3-4-11-9(6-10)2-5-13(11)16/h3-4,6-7H,2,5H2,1H3. The molecule has 0 amide bonds. The number of ether oxygens (including phenoxy) is 1. The van der Waals surface area contributed by atoms with Gasteiger partial charge in [0.2, 0.25) is 0 Å². The highest BCUT2D eigenvalue weighted by Gasteiger charge is 2.20. The fourth-order valence-corrected chi connectivity index (χ4v) is 2.83. The van der Waals surface area contributed by atoms with Gasteiger partial charge in [-0.3, -0.25) is 4.79 Å². The Hall–Kier alpha value is -2.01. The molecule has 2 aromatic rings. The monoisotopic (exact) mass is 273 g/mol. The topological polar surface area (TPSA) is 56.3 Å². The van der Waals surface area contributed by atoms with E-state index in [-0.39, 0.29) is 5.78 Å². The maximum Gasteiger partial charge on any atom is 0.346 e. The number of aryl methyl sites for hydroxylation is 2. The fourth-order valence-electron chi connectivity index (χ4n) is 2.15. The van der Waals surface area contributed by atoms with Gasteiger partial charge in [0.25, 0.3) is 0 Å². The van der Waals surface area contributed by atoms with Gasteiger partial charge in [-0.2, -0.15) is 4.37 Å². The predicted molar refractivity (Wildman–Crippen MR) is 70.9 cm³/mol. The summed E-state index contributed by atoms with van der Waals surface area (Å²) in [5.41, 5.74) is 2.86. The lowest BCUT2D eigenvalue weighted by Crippen LogP contribution is -2.09. The average Bonchev–Trinajstić information content (AvgIpc) is 2.96. The van der Waals surface area contributed by atoms with Crippen molar-refractivity contribution >= 4 is 23.3 Å².